The predicted octanol–water partition coefficient (Wildman–Crippen LogP) is 2.89. The lowest BCUT2D eigenvalue weighted by molar-refractivity contribution is -0.115. The first-order valence-electron chi connectivity index (χ1n) is 7.54. The molecule has 0 bridgehead atoms. The van der Waals surface area contributed by atoms with Crippen molar-refractivity contribution in [1.29, 1.82) is 0 Å². The maximum absolute atomic E-state index is 12.0. The summed E-state index contributed by atoms with van der Waals surface area (Å²) in [6, 6.07) is 13.8. The maximum atomic E-state index is 12.0. The highest BCUT2D eigenvalue weighted by atomic mass is 35.5. The van der Waals surface area contributed by atoms with E-state index in [4.69, 9.17) is 11.6 Å². The van der Waals surface area contributed by atoms with Crippen molar-refractivity contribution in [2.75, 3.05) is 11.9 Å². The van der Waals surface area contributed by atoms with Crippen LogP contribution in [0.2, 0.25) is 5.02 Å². The molecule has 0 radical (unpaired) electrons. The lowest BCUT2D eigenvalue weighted by atomic mass is 10.2. The molecule has 1 heterocycles. The molecule has 6 nitrogen and oxygen atoms in total. The van der Waals surface area contributed by atoms with Gasteiger partial charge in [-0.25, -0.2) is 4.98 Å². The van der Waals surface area contributed by atoms with E-state index < -0.39 is 0 Å². The van der Waals surface area contributed by atoms with Gasteiger partial charge in [0.25, 0.3) is 5.91 Å². The number of nitrogens with zero attached hydrogens (tertiary/aromatic N) is 2. The first kappa shape index (κ1) is 16.7. The lowest BCUT2D eigenvalue weighted by Gasteiger charge is -2.08. The van der Waals surface area contributed by atoms with Crippen molar-refractivity contribution in [2.24, 2.45) is 0 Å². The number of aromatic nitrogens is 2. The minimum Gasteiger partial charge on any atom is -0.343 e. The van der Waals surface area contributed by atoms with Gasteiger partial charge in [0.05, 0.1) is 12.9 Å². The number of halogens is 1. The second-order valence-corrected chi connectivity index (χ2v) is 5.69. The number of carbonyl (C=O) groups excluding carboxylic acids is 2. The maximum Gasteiger partial charge on any atom is 0.251 e. The zero-order valence-corrected chi connectivity index (χ0v) is 13.9. The fourth-order valence-corrected chi connectivity index (χ4v) is 2.42. The summed E-state index contributed by atoms with van der Waals surface area (Å²) in [6.45, 7) is -0.130. The van der Waals surface area contributed by atoms with Crippen molar-refractivity contribution in [1.82, 2.24) is 14.9 Å². The topological polar surface area (TPSA) is 76.0 Å². The second kappa shape index (κ2) is 7.63. The summed E-state index contributed by atoms with van der Waals surface area (Å²) in [5.74, 6) is -0.668. The Morgan fingerprint density at radius 1 is 1.12 bits per heavy atom. The molecule has 0 spiro atoms. The number of carbonyl (C=O) groups is 2. The van der Waals surface area contributed by atoms with Crippen LogP contribution < -0.4 is 10.6 Å². The molecule has 0 aliphatic carbocycles. The van der Waals surface area contributed by atoms with E-state index in [2.05, 4.69) is 15.6 Å². The average molecular weight is 355 g/mol. The van der Waals surface area contributed by atoms with Crippen LogP contribution in [0.25, 0.3) is 5.69 Å². The summed E-state index contributed by atoms with van der Waals surface area (Å²) >= 11 is 5.84. The molecule has 0 unspecified atom stereocenters. The fourth-order valence-electron chi connectivity index (χ4n) is 2.23. The molecule has 2 aromatic carbocycles. The molecule has 0 saturated carbocycles. The molecule has 2 N–H and O–H groups in total. The molecule has 0 aliphatic heterocycles. The zero-order valence-electron chi connectivity index (χ0n) is 13.1. The van der Waals surface area contributed by atoms with Crippen molar-refractivity contribution in [3.05, 3.63) is 77.8 Å². The number of amides is 2. The summed E-state index contributed by atoms with van der Waals surface area (Å²) in [5, 5.41) is 5.75. The molecule has 3 rings (SSSR count). The molecule has 1 aromatic heterocycles. The van der Waals surface area contributed by atoms with Gasteiger partial charge in [-0.15, -0.1) is 0 Å². The third kappa shape index (κ3) is 4.45. The van der Waals surface area contributed by atoms with Gasteiger partial charge < -0.3 is 15.2 Å². The monoisotopic (exact) mass is 354 g/mol. The minimum atomic E-state index is -0.354. The van der Waals surface area contributed by atoms with Gasteiger partial charge in [-0.05, 0) is 42.5 Å². The van der Waals surface area contributed by atoms with E-state index in [1.54, 1.807) is 48.9 Å². The van der Waals surface area contributed by atoms with E-state index in [1.165, 1.54) is 0 Å². The normalized spacial score (nSPS) is 10.3. The Labute approximate surface area is 149 Å². The Hall–Kier alpha value is -3.12. The van der Waals surface area contributed by atoms with Gasteiger partial charge in [-0.1, -0.05) is 17.7 Å². The van der Waals surface area contributed by atoms with E-state index in [0.29, 0.717) is 16.3 Å². The molecule has 2 amide bonds. The van der Waals surface area contributed by atoms with Gasteiger partial charge in [0.2, 0.25) is 5.91 Å². The third-order valence-electron chi connectivity index (χ3n) is 3.45. The quantitative estimate of drug-likeness (QED) is 0.739. The van der Waals surface area contributed by atoms with E-state index in [0.717, 1.165) is 5.69 Å². The van der Waals surface area contributed by atoms with Gasteiger partial charge in [-0.3, -0.25) is 9.59 Å². The summed E-state index contributed by atoms with van der Waals surface area (Å²) in [6.07, 6.45) is 5.22. The Morgan fingerprint density at radius 3 is 2.60 bits per heavy atom. The van der Waals surface area contributed by atoms with Gasteiger partial charge in [0, 0.05) is 34.4 Å². The Balaban J connectivity index is 1.53. The molecule has 0 atom stereocenters. The van der Waals surface area contributed by atoms with Crippen LogP contribution in [0.3, 0.4) is 0 Å². The van der Waals surface area contributed by atoms with Gasteiger partial charge in [-0.2, -0.15) is 0 Å². The van der Waals surface area contributed by atoms with Crippen LogP contribution in [0.15, 0.2) is 67.3 Å². The van der Waals surface area contributed by atoms with Crippen molar-refractivity contribution < 1.29 is 9.59 Å². The van der Waals surface area contributed by atoms with E-state index in [-0.39, 0.29) is 18.4 Å². The highest BCUT2D eigenvalue weighted by molar-refractivity contribution is 6.31. The highest BCUT2D eigenvalue weighted by Crippen LogP contribution is 2.13. The molecular weight excluding hydrogens is 340 g/mol. The molecule has 0 saturated heterocycles. The van der Waals surface area contributed by atoms with Crippen LogP contribution in [-0.2, 0) is 4.79 Å². The number of hydrogen-bond acceptors (Lipinski definition) is 3. The van der Waals surface area contributed by atoms with Gasteiger partial charge >= 0.3 is 0 Å². The van der Waals surface area contributed by atoms with Gasteiger partial charge in [0.15, 0.2) is 0 Å². The number of benzene rings is 2. The van der Waals surface area contributed by atoms with Crippen LogP contribution in [0.5, 0.6) is 0 Å². The van der Waals surface area contributed by atoms with E-state index in [1.807, 2.05) is 22.9 Å². The molecule has 0 aliphatic rings. The third-order valence-corrected chi connectivity index (χ3v) is 3.69. The van der Waals surface area contributed by atoms with Crippen LogP contribution in [0, 0.1) is 0 Å². The SMILES string of the molecule is O=C(CNC(=O)c1cccc(Cl)c1)Nc1ccc(-n2ccnc2)cc1. The van der Waals surface area contributed by atoms with Crippen LogP contribution in [-0.4, -0.2) is 27.9 Å². The fraction of sp³-hybridized carbons (Fsp3) is 0.0556. The molecule has 0 fully saturated rings. The predicted molar refractivity (Wildman–Crippen MR) is 96.0 cm³/mol. The summed E-state index contributed by atoms with van der Waals surface area (Å²) in [4.78, 5) is 27.9. The largest absolute Gasteiger partial charge is 0.343 e. The number of anilines is 1. The Kier molecular flexibility index (Phi) is 5.11. The average Bonchev–Trinajstić information content (AvgIpc) is 3.15. The standard InChI is InChI=1S/C18H15ClN4O2/c19-14-3-1-2-13(10-14)18(25)21-11-17(24)22-15-4-6-16(7-5-15)23-9-8-20-12-23/h1-10,12H,11H2,(H,21,25)(H,22,24). The Morgan fingerprint density at radius 2 is 1.92 bits per heavy atom. The smallest absolute Gasteiger partial charge is 0.251 e. The van der Waals surface area contributed by atoms with Crippen LogP contribution in [0.4, 0.5) is 5.69 Å². The molecule has 3 aromatic rings. The van der Waals surface area contributed by atoms with Crippen LogP contribution in [0.1, 0.15) is 10.4 Å². The van der Waals surface area contributed by atoms with Crippen molar-refractivity contribution in [2.45, 2.75) is 0 Å². The second-order valence-electron chi connectivity index (χ2n) is 5.26. The summed E-state index contributed by atoms with van der Waals surface area (Å²) < 4.78 is 1.86. The summed E-state index contributed by atoms with van der Waals surface area (Å²) in [5.41, 5.74) is 1.99. The van der Waals surface area contributed by atoms with Crippen LogP contribution >= 0.6 is 11.6 Å². The minimum absolute atomic E-state index is 0.130. The van der Waals surface area contributed by atoms with E-state index >= 15 is 0 Å². The molecule has 25 heavy (non-hydrogen) atoms. The first-order valence-corrected chi connectivity index (χ1v) is 7.91. The van der Waals surface area contributed by atoms with Crippen molar-refractivity contribution in [3.63, 3.8) is 0 Å². The number of hydrogen-bond donors (Lipinski definition) is 2. The van der Waals surface area contributed by atoms with E-state index in [9.17, 15) is 9.59 Å². The summed E-state index contributed by atoms with van der Waals surface area (Å²) in [7, 11) is 0. The zero-order chi connectivity index (χ0) is 17.6. The number of nitrogens with one attached hydrogen (secondary N) is 2. The highest BCUT2D eigenvalue weighted by Gasteiger charge is 2.08. The molecular formula is C18H15ClN4O2. The number of rotatable bonds is 5. The lowest BCUT2D eigenvalue weighted by Crippen LogP contribution is -2.32. The molecule has 126 valence electrons. The number of imidazole rings is 1. The Bertz CT molecular complexity index is 876. The molecule has 7 heteroatoms. The van der Waals surface area contributed by atoms with Crippen molar-refractivity contribution >= 4 is 29.1 Å². The van der Waals surface area contributed by atoms with Crippen molar-refractivity contribution in [3.8, 4) is 5.69 Å². The van der Waals surface area contributed by atoms with Gasteiger partial charge in [0.1, 0.15) is 0 Å². The first-order chi connectivity index (χ1) is 12.1.